The molecule has 0 atom stereocenters. The van der Waals surface area contributed by atoms with E-state index in [0.29, 0.717) is 30.5 Å². The molecule has 100 valence electrons. The van der Waals surface area contributed by atoms with Crippen LogP contribution in [0.3, 0.4) is 0 Å². The number of nitrogen functional groups attached to an aromatic ring is 1. The van der Waals surface area contributed by atoms with Crippen LogP contribution in [-0.2, 0) is 4.74 Å². The number of nitrogens with zero attached hydrogens (tertiary/aromatic N) is 1. The Labute approximate surface area is 108 Å². The first-order chi connectivity index (χ1) is 8.59. The zero-order valence-corrected chi connectivity index (χ0v) is 11.0. The number of rotatable bonds is 7. The third kappa shape index (κ3) is 5.63. The average Bonchev–Trinajstić information content (AvgIpc) is 2.33. The Balaban J connectivity index is 2.18. The molecule has 0 bridgehead atoms. The van der Waals surface area contributed by atoms with Crippen molar-refractivity contribution in [3.05, 3.63) is 24.0 Å². The predicted octanol–water partition coefficient (Wildman–Crippen LogP) is 1.46. The van der Waals surface area contributed by atoms with E-state index in [4.69, 9.17) is 10.5 Å². The summed E-state index contributed by atoms with van der Waals surface area (Å²) in [5.41, 5.74) is 6.44. The number of carbonyl (C=O) groups is 1. The maximum Gasteiger partial charge on any atom is 0.270 e. The second-order valence-corrected chi connectivity index (χ2v) is 4.53. The van der Waals surface area contributed by atoms with Crippen LogP contribution in [0.15, 0.2) is 18.3 Å². The smallest absolute Gasteiger partial charge is 0.270 e. The highest BCUT2D eigenvalue weighted by Crippen LogP contribution is 2.02. The Bertz CT molecular complexity index is 380. The molecule has 18 heavy (non-hydrogen) atoms. The van der Waals surface area contributed by atoms with E-state index in [0.717, 1.165) is 13.0 Å². The lowest BCUT2D eigenvalue weighted by Gasteiger charge is -2.07. The molecule has 0 aliphatic heterocycles. The molecule has 1 rings (SSSR count). The fourth-order valence-electron chi connectivity index (χ4n) is 1.32. The third-order valence-corrected chi connectivity index (χ3v) is 2.39. The first kappa shape index (κ1) is 14.4. The van der Waals surface area contributed by atoms with Gasteiger partial charge in [0.25, 0.3) is 5.91 Å². The van der Waals surface area contributed by atoms with Crippen LogP contribution in [0, 0.1) is 5.92 Å². The summed E-state index contributed by atoms with van der Waals surface area (Å²) >= 11 is 0. The van der Waals surface area contributed by atoms with Crippen LogP contribution < -0.4 is 11.1 Å². The highest BCUT2D eigenvalue weighted by Gasteiger charge is 2.06. The molecule has 1 heterocycles. The molecule has 5 nitrogen and oxygen atoms in total. The number of pyridine rings is 1. The van der Waals surface area contributed by atoms with Crippen LogP contribution in [0.4, 0.5) is 5.69 Å². The van der Waals surface area contributed by atoms with Crippen LogP contribution in [0.1, 0.15) is 30.8 Å². The molecule has 0 fully saturated rings. The lowest BCUT2D eigenvalue weighted by Crippen LogP contribution is -2.28. The number of aromatic nitrogens is 1. The number of anilines is 1. The number of nitrogens with two attached hydrogens (primary N) is 1. The minimum absolute atomic E-state index is 0.227. The summed E-state index contributed by atoms with van der Waals surface area (Å²) in [6, 6.07) is 3.20. The Kier molecular flexibility index (Phi) is 6.14. The van der Waals surface area contributed by atoms with Gasteiger partial charge in [-0.1, -0.05) is 13.8 Å². The first-order valence-electron chi connectivity index (χ1n) is 6.17. The second kappa shape index (κ2) is 7.66. The molecule has 5 heteroatoms. The van der Waals surface area contributed by atoms with E-state index in [1.54, 1.807) is 12.1 Å². The topological polar surface area (TPSA) is 77.2 Å². The van der Waals surface area contributed by atoms with Crippen molar-refractivity contribution in [1.29, 1.82) is 0 Å². The van der Waals surface area contributed by atoms with Crippen molar-refractivity contribution in [2.24, 2.45) is 5.92 Å². The molecule has 0 unspecified atom stereocenters. The number of carbonyl (C=O) groups excluding carboxylic acids is 1. The molecule has 0 saturated carbocycles. The van der Waals surface area contributed by atoms with Gasteiger partial charge in [0.15, 0.2) is 0 Å². The quantitative estimate of drug-likeness (QED) is 0.719. The van der Waals surface area contributed by atoms with Crippen molar-refractivity contribution in [2.45, 2.75) is 20.3 Å². The highest BCUT2D eigenvalue weighted by molar-refractivity contribution is 5.92. The summed E-state index contributed by atoms with van der Waals surface area (Å²) in [7, 11) is 0. The summed E-state index contributed by atoms with van der Waals surface area (Å²) in [5, 5.41) is 2.73. The molecular formula is C13H21N3O2. The van der Waals surface area contributed by atoms with Gasteiger partial charge in [-0.15, -0.1) is 0 Å². The molecule has 1 aromatic heterocycles. The minimum Gasteiger partial charge on any atom is -0.399 e. The minimum atomic E-state index is -0.227. The zero-order chi connectivity index (χ0) is 13.4. The van der Waals surface area contributed by atoms with Crippen molar-refractivity contribution in [2.75, 3.05) is 25.5 Å². The fraction of sp³-hybridized carbons (Fsp3) is 0.538. The monoisotopic (exact) mass is 251 g/mol. The van der Waals surface area contributed by atoms with Crippen LogP contribution in [0.2, 0.25) is 0 Å². The van der Waals surface area contributed by atoms with E-state index in [1.807, 2.05) is 0 Å². The largest absolute Gasteiger partial charge is 0.399 e. The highest BCUT2D eigenvalue weighted by atomic mass is 16.5. The molecular weight excluding hydrogens is 230 g/mol. The van der Waals surface area contributed by atoms with Crippen molar-refractivity contribution < 1.29 is 9.53 Å². The van der Waals surface area contributed by atoms with Crippen LogP contribution in [0.5, 0.6) is 0 Å². The molecule has 0 aromatic carbocycles. The summed E-state index contributed by atoms with van der Waals surface area (Å²) in [4.78, 5) is 15.6. The van der Waals surface area contributed by atoms with Gasteiger partial charge in [0.1, 0.15) is 5.69 Å². The Morgan fingerprint density at radius 1 is 1.50 bits per heavy atom. The van der Waals surface area contributed by atoms with Gasteiger partial charge in [0.05, 0.1) is 6.61 Å². The number of hydrogen-bond acceptors (Lipinski definition) is 4. The fourth-order valence-corrected chi connectivity index (χ4v) is 1.32. The van der Waals surface area contributed by atoms with Crippen molar-refractivity contribution >= 4 is 11.6 Å². The van der Waals surface area contributed by atoms with Crippen LogP contribution in [0.25, 0.3) is 0 Å². The van der Waals surface area contributed by atoms with Crippen LogP contribution in [-0.4, -0.2) is 30.6 Å². The van der Waals surface area contributed by atoms with Gasteiger partial charge < -0.3 is 15.8 Å². The molecule has 0 aliphatic carbocycles. The second-order valence-electron chi connectivity index (χ2n) is 4.53. The van der Waals surface area contributed by atoms with E-state index in [-0.39, 0.29) is 5.91 Å². The van der Waals surface area contributed by atoms with Gasteiger partial charge in [-0.05, 0) is 24.5 Å². The van der Waals surface area contributed by atoms with E-state index in [9.17, 15) is 4.79 Å². The first-order valence-corrected chi connectivity index (χ1v) is 6.17. The normalized spacial score (nSPS) is 10.6. The zero-order valence-electron chi connectivity index (χ0n) is 11.0. The lowest BCUT2D eigenvalue weighted by atomic mass is 10.1. The Hall–Kier alpha value is -1.62. The summed E-state index contributed by atoms with van der Waals surface area (Å²) in [6.45, 7) is 6.02. The van der Waals surface area contributed by atoms with Crippen molar-refractivity contribution in [1.82, 2.24) is 10.3 Å². The van der Waals surface area contributed by atoms with Crippen LogP contribution >= 0.6 is 0 Å². The summed E-state index contributed by atoms with van der Waals surface area (Å²) in [5.74, 6) is 0.408. The molecule has 0 spiro atoms. The standard InChI is InChI=1S/C13H21N3O2/c1-10(2)4-7-18-8-6-16-13(17)12-9-11(14)3-5-15-12/h3,5,9-10H,4,6-8H2,1-2H3,(H2,14,15)(H,16,17). The Morgan fingerprint density at radius 3 is 2.94 bits per heavy atom. The summed E-state index contributed by atoms with van der Waals surface area (Å²) in [6.07, 6.45) is 2.55. The van der Waals surface area contributed by atoms with Gasteiger partial charge in [0.2, 0.25) is 0 Å². The van der Waals surface area contributed by atoms with Gasteiger partial charge >= 0.3 is 0 Å². The van der Waals surface area contributed by atoms with Crippen molar-refractivity contribution in [3.63, 3.8) is 0 Å². The van der Waals surface area contributed by atoms with Gasteiger partial charge in [0, 0.05) is 25.0 Å². The van der Waals surface area contributed by atoms with Crippen molar-refractivity contribution in [3.8, 4) is 0 Å². The number of ether oxygens (including phenoxy) is 1. The molecule has 3 N–H and O–H groups in total. The van der Waals surface area contributed by atoms with E-state index in [2.05, 4.69) is 24.1 Å². The van der Waals surface area contributed by atoms with Gasteiger partial charge in [-0.2, -0.15) is 0 Å². The number of nitrogens with one attached hydrogen (secondary N) is 1. The van der Waals surface area contributed by atoms with E-state index >= 15 is 0 Å². The molecule has 0 radical (unpaired) electrons. The average molecular weight is 251 g/mol. The predicted molar refractivity (Wildman–Crippen MR) is 71.3 cm³/mol. The van der Waals surface area contributed by atoms with E-state index < -0.39 is 0 Å². The number of hydrogen-bond donors (Lipinski definition) is 2. The SMILES string of the molecule is CC(C)CCOCCNC(=O)c1cc(N)ccn1. The Morgan fingerprint density at radius 2 is 2.28 bits per heavy atom. The maximum absolute atomic E-state index is 11.7. The van der Waals surface area contributed by atoms with Gasteiger partial charge in [-0.25, -0.2) is 0 Å². The number of amides is 1. The molecule has 1 amide bonds. The van der Waals surface area contributed by atoms with E-state index in [1.165, 1.54) is 6.20 Å². The molecule has 0 aliphatic rings. The summed E-state index contributed by atoms with van der Waals surface area (Å²) < 4.78 is 5.39. The molecule has 0 saturated heterocycles. The lowest BCUT2D eigenvalue weighted by molar-refractivity contribution is 0.0901. The molecule has 1 aromatic rings. The third-order valence-electron chi connectivity index (χ3n) is 2.39. The maximum atomic E-state index is 11.7. The van der Waals surface area contributed by atoms with Gasteiger partial charge in [-0.3, -0.25) is 9.78 Å².